The Hall–Kier alpha value is -2.11. The number of H-pyrrole nitrogens is 1. The van der Waals surface area contributed by atoms with E-state index in [1.165, 1.54) is 5.56 Å². The minimum absolute atomic E-state index is 0.143. The number of aryl methyl sites for hydroxylation is 3. The van der Waals surface area contributed by atoms with E-state index in [2.05, 4.69) is 15.4 Å². The number of rotatable bonds is 3. The first kappa shape index (κ1) is 13.9. The lowest BCUT2D eigenvalue weighted by Gasteiger charge is -2.16. The molecule has 0 spiro atoms. The van der Waals surface area contributed by atoms with E-state index in [4.69, 9.17) is 4.52 Å². The van der Waals surface area contributed by atoms with Gasteiger partial charge in [-0.25, -0.2) is 0 Å². The van der Waals surface area contributed by atoms with Gasteiger partial charge in [0.1, 0.15) is 5.76 Å². The molecule has 1 N–H and O–H groups in total. The molecule has 0 aromatic carbocycles. The molecule has 0 saturated carbocycles. The molecule has 112 valence electrons. The molecule has 1 amide bonds. The molecule has 0 unspecified atom stereocenters. The van der Waals surface area contributed by atoms with Gasteiger partial charge in [-0.2, -0.15) is 5.10 Å². The van der Waals surface area contributed by atoms with Gasteiger partial charge >= 0.3 is 0 Å². The molecular formula is C15H20N4O2. The van der Waals surface area contributed by atoms with Gasteiger partial charge in [0, 0.05) is 30.3 Å². The first-order chi connectivity index (χ1) is 10.1. The number of aromatic nitrogens is 3. The van der Waals surface area contributed by atoms with E-state index >= 15 is 0 Å². The van der Waals surface area contributed by atoms with Crippen molar-refractivity contribution in [2.24, 2.45) is 0 Å². The van der Waals surface area contributed by atoms with Crippen LogP contribution in [0, 0.1) is 20.8 Å². The third-order valence-electron chi connectivity index (χ3n) is 4.33. The summed E-state index contributed by atoms with van der Waals surface area (Å²) in [5.41, 5.74) is 4.05. The quantitative estimate of drug-likeness (QED) is 0.935. The number of likely N-dealkylation sites (tertiary alicyclic amines) is 1. The van der Waals surface area contributed by atoms with Crippen molar-refractivity contribution < 1.29 is 9.32 Å². The standard InChI is InChI=1S/C15H20N4O2/c1-9-7-16-17-15(9)12-4-5-19(8-12)14(20)6-13-10(2)18-21-11(13)3/h7,12H,4-6,8H2,1-3H3,(H,16,17)/t12-/m0/s1. The highest BCUT2D eigenvalue weighted by molar-refractivity contribution is 5.79. The van der Waals surface area contributed by atoms with Gasteiger partial charge in [0.05, 0.1) is 18.3 Å². The van der Waals surface area contributed by atoms with Gasteiger partial charge in [0.2, 0.25) is 5.91 Å². The first-order valence-corrected chi connectivity index (χ1v) is 7.25. The predicted octanol–water partition coefficient (Wildman–Crippen LogP) is 1.88. The van der Waals surface area contributed by atoms with E-state index in [0.29, 0.717) is 12.3 Å². The second-order valence-corrected chi connectivity index (χ2v) is 5.77. The van der Waals surface area contributed by atoms with Crippen LogP contribution in [0.15, 0.2) is 10.7 Å². The van der Waals surface area contributed by atoms with Gasteiger partial charge in [0.15, 0.2) is 0 Å². The van der Waals surface area contributed by atoms with E-state index < -0.39 is 0 Å². The second-order valence-electron chi connectivity index (χ2n) is 5.77. The summed E-state index contributed by atoms with van der Waals surface area (Å²) in [6.45, 7) is 7.33. The van der Waals surface area contributed by atoms with E-state index in [-0.39, 0.29) is 5.91 Å². The highest BCUT2D eigenvalue weighted by Crippen LogP contribution is 2.28. The van der Waals surface area contributed by atoms with Crippen LogP contribution in [0.4, 0.5) is 0 Å². The summed E-state index contributed by atoms with van der Waals surface area (Å²) in [5.74, 6) is 1.24. The molecule has 1 atom stereocenters. The Morgan fingerprint density at radius 1 is 1.48 bits per heavy atom. The summed E-state index contributed by atoms with van der Waals surface area (Å²) in [7, 11) is 0. The summed E-state index contributed by atoms with van der Waals surface area (Å²) in [6, 6.07) is 0. The van der Waals surface area contributed by atoms with Gasteiger partial charge in [-0.1, -0.05) is 5.16 Å². The number of hydrogen-bond acceptors (Lipinski definition) is 4. The maximum Gasteiger partial charge on any atom is 0.227 e. The number of aromatic amines is 1. The van der Waals surface area contributed by atoms with Gasteiger partial charge in [-0.15, -0.1) is 0 Å². The van der Waals surface area contributed by atoms with Crippen molar-refractivity contribution >= 4 is 5.91 Å². The minimum atomic E-state index is 0.143. The van der Waals surface area contributed by atoms with E-state index in [1.54, 1.807) is 0 Å². The van der Waals surface area contributed by atoms with Gasteiger partial charge in [0.25, 0.3) is 0 Å². The fourth-order valence-electron chi connectivity index (χ4n) is 3.01. The van der Waals surface area contributed by atoms with Crippen molar-refractivity contribution in [2.75, 3.05) is 13.1 Å². The third-order valence-corrected chi connectivity index (χ3v) is 4.33. The van der Waals surface area contributed by atoms with Crippen LogP contribution in [0.1, 0.15) is 40.6 Å². The van der Waals surface area contributed by atoms with Crippen molar-refractivity contribution in [1.82, 2.24) is 20.3 Å². The number of carbonyl (C=O) groups is 1. The van der Waals surface area contributed by atoms with E-state index in [1.807, 2.05) is 31.9 Å². The topological polar surface area (TPSA) is 75.0 Å². The van der Waals surface area contributed by atoms with Crippen LogP contribution in [0.5, 0.6) is 0 Å². The Morgan fingerprint density at radius 2 is 2.29 bits per heavy atom. The van der Waals surface area contributed by atoms with Crippen LogP contribution in [0.25, 0.3) is 0 Å². The van der Waals surface area contributed by atoms with Crippen LogP contribution in [0.3, 0.4) is 0 Å². The highest BCUT2D eigenvalue weighted by Gasteiger charge is 2.29. The lowest BCUT2D eigenvalue weighted by molar-refractivity contribution is -0.129. The average molecular weight is 288 g/mol. The molecule has 0 aliphatic carbocycles. The zero-order valence-electron chi connectivity index (χ0n) is 12.6. The third kappa shape index (κ3) is 2.57. The van der Waals surface area contributed by atoms with Gasteiger partial charge in [-0.05, 0) is 32.8 Å². The molecule has 0 radical (unpaired) electrons. The van der Waals surface area contributed by atoms with Crippen LogP contribution >= 0.6 is 0 Å². The Bertz CT molecular complexity index is 639. The summed E-state index contributed by atoms with van der Waals surface area (Å²) < 4.78 is 5.12. The summed E-state index contributed by atoms with van der Waals surface area (Å²) in [5, 5.41) is 11.0. The lowest BCUT2D eigenvalue weighted by atomic mass is 10.0. The number of nitrogens with one attached hydrogen (secondary N) is 1. The maximum absolute atomic E-state index is 12.4. The Kier molecular flexibility index (Phi) is 3.53. The molecule has 1 aliphatic heterocycles. The van der Waals surface area contributed by atoms with Gasteiger partial charge < -0.3 is 9.42 Å². The van der Waals surface area contributed by atoms with Gasteiger partial charge in [-0.3, -0.25) is 9.89 Å². The zero-order chi connectivity index (χ0) is 15.0. The molecular weight excluding hydrogens is 268 g/mol. The SMILES string of the molecule is Cc1cn[nH]c1[C@H]1CCN(C(=O)Cc2c(C)noc2C)C1. The molecule has 2 aromatic heterocycles. The van der Waals surface area contributed by atoms with Crippen LogP contribution in [0.2, 0.25) is 0 Å². The number of amides is 1. The fourth-order valence-corrected chi connectivity index (χ4v) is 3.01. The predicted molar refractivity (Wildman–Crippen MR) is 76.9 cm³/mol. The molecule has 2 aromatic rings. The Morgan fingerprint density at radius 3 is 2.90 bits per heavy atom. The minimum Gasteiger partial charge on any atom is -0.361 e. The maximum atomic E-state index is 12.4. The number of carbonyl (C=O) groups excluding carboxylic acids is 1. The molecule has 6 nitrogen and oxygen atoms in total. The number of nitrogens with zero attached hydrogens (tertiary/aromatic N) is 3. The normalized spacial score (nSPS) is 18.4. The summed E-state index contributed by atoms with van der Waals surface area (Å²) in [6.07, 6.45) is 3.19. The molecule has 6 heteroatoms. The smallest absolute Gasteiger partial charge is 0.227 e. The Balaban J connectivity index is 1.66. The van der Waals surface area contributed by atoms with Crippen LogP contribution in [-0.2, 0) is 11.2 Å². The molecule has 21 heavy (non-hydrogen) atoms. The molecule has 1 fully saturated rings. The molecule has 1 saturated heterocycles. The summed E-state index contributed by atoms with van der Waals surface area (Å²) in [4.78, 5) is 14.4. The Labute approximate surface area is 123 Å². The van der Waals surface area contributed by atoms with Crippen molar-refractivity contribution in [2.45, 2.75) is 39.5 Å². The average Bonchev–Trinajstić information content (AvgIpc) is 3.15. The second kappa shape index (κ2) is 5.35. The van der Waals surface area contributed by atoms with Crippen molar-refractivity contribution in [3.05, 3.63) is 34.5 Å². The number of hydrogen-bond donors (Lipinski definition) is 1. The monoisotopic (exact) mass is 288 g/mol. The van der Waals surface area contributed by atoms with Crippen molar-refractivity contribution in [3.8, 4) is 0 Å². The van der Waals surface area contributed by atoms with Crippen molar-refractivity contribution in [3.63, 3.8) is 0 Å². The fraction of sp³-hybridized carbons (Fsp3) is 0.533. The molecule has 0 bridgehead atoms. The van der Waals surface area contributed by atoms with E-state index in [0.717, 1.165) is 42.2 Å². The highest BCUT2D eigenvalue weighted by atomic mass is 16.5. The largest absolute Gasteiger partial charge is 0.361 e. The zero-order valence-corrected chi connectivity index (χ0v) is 12.6. The summed E-state index contributed by atoms with van der Waals surface area (Å²) >= 11 is 0. The van der Waals surface area contributed by atoms with Crippen LogP contribution in [-0.4, -0.2) is 39.3 Å². The lowest BCUT2D eigenvalue weighted by Crippen LogP contribution is -2.30. The molecule has 1 aliphatic rings. The van der Waals surface area contributed by atoms with Crippen molar-refractivity contribution in [1.29, 1.82) is 0 Å². The first-order valence-electron chi connectivity index (χ1n) is 7.25. The molecule has 3 rings (SSSR count). The molecule has 3 heterocycles. The van der Waals surface area contributed by atoms with E-state index in [9.17, 15) is 4.79 Å². The van der Waals surface area contributed by atoms with Crippen LogP contribution < -0.4 is 0 Å².